The van der Waals surface area contributed by atoms with E-state index in [0.29, 0.717) is 0 Å². The Bertz CT molecular complexity index is 687. The summed E-state index contributed by atoms with van der Waals surface area (Å²) < 4.78 is 0. The van der Waals surface area contributed by atoms with Crippen LogP contribution in [0, 0.1) is 6.92 Å². The third kappa shape index (κ3) is 2.58. The Kier molecular flexibility index (Phi) is 3.52. The van der Waals surface area contributed by atoms with Gasteiger partial charge in [0, 0.05) is 18.9 Å². The minimum absolute atomic E-state index is 1.01. The minimum Gasteiger partial charge on any atom is -0.321 e. The summed E-state index contributed by atoms with van der Waals surface area (Å²) in [6.07, 6.45) is 1.94. The van der Waals surface area contributed by atoms with Crippen molar-refractivity contribution >= 4 is 22.2 Å². The number of anilines is 2. The van der Waals surface area contributed by atoms with E-state index in [1.54, 1.807) is 11.3 Å². The normalized spacial score (nSPS) is 10.5. The smallest absolute Gasteiger partial charge is 0.190 e. The summed E-state index contributed by atoms with van der Waals surface area (Å²) in [5, 5.41) is 1.01. The Hall–Kier alpha value is -2.13. The third-order valence-electron chi connectivity index (χ3n) is 3.26. The van der Waals surface area contributed by atoms with E-state index in [9.17, 15) is 0 Å². The maximum atomic E-state index is 4.54. The number of aryl methyl sites for hydroxylation is 1. The van der Waals surface area contributed by atoms with E-state index in [-0.39, 0.29) is 0 Å². The molecule has 0 saturated carbocycles. The molecule has 0 aliphatic rings. The number of aromatic nitrogens is 1. The van der Waals surface area contributed by atoms with E-state index in [2.05, 4.69) is 72.4 Å². The number of nitrogens with zero attached hydrogens (tertiary/aromatic N) is 2. The minimum atomic E-state index is 1.01. The van der Waals surface area contributed by atoms with Gasteiger partial charge in [-0.05, 0) is 24.6 Å². The first-order valence-corrected chi connectivity index (χ1v) is 7.37. The summed E-state index contributed by atoms with van der Waals surface area (Å²) in [5.41, 5.74) is 3.64. The molecule has 0 amide bonds. The molecule has 0 fully saturated rings. The molecular weight excluding hydrogens is 264 g/mol. The highest BCUT2D eigenvalue weighted by Gasteiger charge is 2.09. The summed E-state index contributed by atoms with van der Waals surface area (Å²) in [7, 11) is 2.05. The second kappa shape index (κ2) is 5.47. The molecule has 0 atom stereocenters. The van der Waals surface area contributed by atoms with Crippen molar-refractivity contribution in [2.75, 3.05) is 11.9 Å². The van der Waals surface area contributed by atoms with Gasteiger partial charge in [-0.25, -0.2) is 4.98 Å². The molecule has 3 rings (SSSR count). The molecule has 3 heteroatoms. The summed E-state index contributed by atoms with van der Waals surface area (Å²) in [6.45, 7) is 2.10. The van der Waals surface area contributed by atoms with E-state index < -0.39 is 0 Å². The second-order valence-electron chi connectivity index (χ2n) is 4.77. The van der Waals surface area contributed by atoms with Gasteiger partial charge in [0.2, 0.25) is 0 Å². The lowest BCUT2D eigenvalue weighted by atomic mass is 10.2. The van der Waals surface area contributed by atoms with Crippen LogP contribution < -0.4 is 4.90 Å². The first-order chi connectivity index (χ1) is 9.74. The van der Waals surface area contributed by atoms with Gasteiger partial charge in [0.05, 0.1) is 4.88 Å². The Morgan fingerprint density at radius 2 is 1.65 bits per heavy atom. The van der Waals surface area contributed by atoms with Gasteiger partial charge in [0.15, 0.2) is 5.13 Å². The molecular formula is C17H16N2S. The van der Waals surface area contributed by atoms with Crippen LogP contribution in [0.5, 0.6) is 0 Å². The highest BCUT2D eigenvalue weighted by molar-refractivity contribution is 7.19. The van der Waals surface area contributed by atoms with Crippen molar-refractivity contribution in [3.05, 3.63) is 66.4 Å². The van der Waals surface area contributed by atoms with Crippen molar-refractivity contribution in [1.29, 1.82) is 0 Å². The molecule has 0 bridgehead atoms. The van der Waals surface area contributed by atoms with Gasteiger partial charge in [-0.15, -0.1) is 0 Å². The topological polar surface area (TPSA) is 16.1 Å². The predicted octanol–water partition coefficient (Wildman–Crippen LogP) is 4.89. The standard InChI is InChI=1S/C17H16N2S/c1-13-8-10-15(11-9-13)19(2)17-18-12-16(20-17)14-6-4-3-5-7-14/h3-12H,1-2H3. The molecule has 0 spiro atoms. The van der Waals surface area contributed by atoms with Crippen molar-refractivity contribution in [3.8, 4) is 10.4 Å². The van der Waals surface area contributed by atoms with Crippen LogP contribution in [0.3, 0.4) is 0 Å². The highest BCUT2D eigenvalue weighted by atomic mass is 32.1. The lowest BCUT2D eigenvalue weighted by Crippen LogP contribution is -2.08. The van der Waals surface area contributed by atoms with Crippen LogP contribution >= 0.6 is 11.3 Å². The van der Waals surface area contributed by atoms with Crippen LogP contribution in [-0.4, -0.2) is 12.0 Å². The molecule has 2 aromatic carbocycles. The average Bonchev–Trinajstić information content (AvgIpc) is 2.98. The van der Waals surface area contributed by atoms with E-state index in [1.807, 2.05) is 12.3 Å². The Morgan fingerprint density at radius 3 is 2.35 bits per heavy atom. The second-order valence-corrected chi connectivity index (χ2v) is 5.78. The van der Waals surface area contributed by atoms with Crippen LogP contribution in [0.2, 0.25) is 0 Å². The van der Waals surface area contributed by atoms with Gasteiger partial charge in [0.25, 0.3) is 0 Å². The van der Waals surface area contributed by atoms with Crippen LogP contribution in [0.15, 0.2) is 60.8 Å². The van der Waals surface area contributed by atoms with E-state index in [1.165, 1.54) is 16.0 Å². The van der Waals surface area contributed by atoms with Gasteiger partial charge >= 0.3 is 0 Å². The Balaban J connectivity index is 1.88. The summed E-state index contributed by atoms with van der Waals surface area (Å²) in [4.78, 5) is 7.85. The number of hydrogen-bond donors (Lipinski definition) is 0. The van der Waals surface area contributed by atoms with Crippen LogP contribution in [0.25, 0.3) is 10.4 Å². The van der Waals surface area contributed by atoms with E-state index in [4.69, 9.17) is 0 Å². The van der Waals surface area contributed by atoms with Crippen LogP contribution in [0.1, 0.15) is 5.56 Å². The Labute approximate surface area is 123 Å². The molecule has 100 valence electrons. The molecule has 0 unspecified atom stereocenters. The zero-order valence-corrected chi connectivity index (χ0v) is 12.4. The zero-order chi connectivity index (χ0) is 13.9. The fourth-order valence-electron chi connectivity index (χ4n) is 2.03. The Morgan fingerprint density at radius 1 is 0.950 bits per heavy atom. The van der Waals surface area contributed by atoms with Crippen molar-refractivity contribution in [1.82, 2.24) is 4.98 Å². The number of rotatable bonds is 3. The lowest BCUT2D eigenvalue weighted by molar-refractivity contribution is 1.17. The maximum Gasteiger partial charge on any atom is 0.190 e. The SMILES string of the molecule is Cc1ccc(N(C)c2ncc(-c3ccccc3)s2)cc1. The zero-order valence-electron chi connectivity index (χ0n) is 11.6. The molecule has 0 aliphatic heterocycles. The van der Waals surface area contributed by atoms with Crippen molar-refractivity contribution in [3.63, 3.8) is 0 Å². The molecule has 20 heavy (non-hydrogen) atoms. The summed E-state index contributed by atoms with van der Waals surface area (Å²) in [6, 6.07) is 18.9. The quantitative estimate of drug-likeness (QED) is 0.679. The average molecular weight is 280 g/mol. The predicted molar refractivity (Wildman–Crippen MR) is 86.8 cm³/mol. The molecule has 0 saturated heterocycles. The van der Waals surface area contributed by atoms with E-state index in [0.717, 1.165) is 10.8 Å². The highest BCUT2D eigenvalue weighted by Crippen LogP contribution is 2.33. The van der Waals surface area contributed by atoms with Gasteiger partial charge < -0.3 is 4.90 Å². The van der Waals surface area contributed by atoms with Gasteiger partial charge in [-0.1, -0.05) is 59.4 Å². The van der Waals surface area contributed by atoms with Crippen molar-refractivity contribution in [2.45, 2.75) is 6.92 Å². The monoisotopic (exact) mass is 280 g/mol. The number of hydrogen-bond acceptors (Lipinski definition) is 3. The fourth-order valence-corrected chi connectivity index (χ4v) is 2.94. The largest absolute Gasteiger partial charge is 0.321 e. The van der Waals surface area contributed by atoms with Gasteiger partial charge in [-0.2, -0.15) is 0 Å². The summed E-state index contributed by atoms with van der Waals surface area (Å²) >= 11 is 1.71. The third-order valence-corrected chi connectivity index (χ3v) is 4.38. The molecule has 0 radical (unpaired) electrons. The fraction of sp³-hybridized carbons (Fsp3) is 0.118. The van der Waals surface area contributed by atoms with Gasteiger partial charge in [-0.3, -0.25) is 0 Å². The van der Waals surface area contributed by atoms with E-state index >= 15 is 0 Å². The first-order valence-electron chi connectivity index (χ1n) is 6.56. The summed E-state index contributed by atoms with van der Waals surface area (Å²) in [5.74, 6) is 0. The molecule has 0 N–H and O–H groups in total. The van der Waals surface area contributed by atoms with Crippen molar-refractivity contribution < 1.29 is 0 Å². The van der Waals surface area contributed by atoms with Crippen LogP contribution in [-0.2, 0) is 0 Å². The molecule has 2 nitrogen and oxygen atoms in total. The number of thiazole rings is 1. The van der Waals surface area contributed by atoms with Gasteiger partial charge in [0.1, 0.15) is 0 Å². The maximum absolute atomic E-state index is 4.54. The molecule has 1 aromatic heterocycles. The lowest BCUT2D eigenvalue weighted by Gasteiger charge is -2.15. The number of benzene rings is 2. The molecule has 0 aliphatic carbocycles. The first kappa shape index (κ1) is 12.9. The molecule has 1 heterocycles. The molecule has 3 aromatic rings. The van der Waals surface area contributed by atoms with Crippen LogP contribution in [0.4, 0.5) is 10.8 Å². The van der Waals surface area contributed by atoms with Crippen molar-refractivity contribution in [2.24, 2.45) is 0 Å².